The third kappa shape index (κ3) is 2.22. The number of H-pyrrole nitrogens is 1. The molecule has 0 aromatic carbocycles. The molecule has 3 fully saturated rings. The molecule has 6 rings (SSSR count). The Morgan fingerprint density at radius 2 is 2.17 bits per heavy atom. The van der Waals surface area contributed by atoms with E-state index < -0.39 is 0 Å². The summed E-state index contributed by atoms with van der Waals surface area (Å²) in [6.07, 6.45) is 7.48. The Kier molecular flexibility index (Phi) is 3.14. The van der Waals surface area contributed by atoms with E-state index in [9.17, 15) is 4.79 Å². The number of hydrogen-bond acceptors (Lipinski definition) is 5. The van der Waals surface area contributed by atoms with Crippen LogP contribution in [0.15, 0.2) is 23.3 Å². The highest BCUT2D eigenvalue weighted by Gasteiger charge is 2.35. The molecule has 6 heterocycles. The van der Waals surface area contributed by atoms with Crippen molar-refractivity contribution in [2.45, 2.75) is 25.3 Å². The molecule has 124 valence electrons. The molecular formula is C17H19N5OS. The number of aromatic amines is 1. The van der Waals surface area contributed by atoms with Gasteiger partial charge in [-0.3, -0.25) is 14.4 Å². The zero-order valence-electron chi connectivity index (χ0n) is 13.5. The van der Waals surface area contributed by atoms with Gasteiger partial charge in [0.2, 0.25) is 0 Å². The lowest BCUT2D eigenvalue weighted by Crippen LogP contribution is -2.44. The van der Waals surface area contributed by atoms with E-state index in [0.717, 1.165) is 47.2 Å². The molecule has 0 saturated carbocycles. The van der Waals surface area contributed by atoms with Gasteiger partial charge in [0.1, 0.15) is 10.5 Å². The van der Waals surface area contributed by atoms with E-state index >= 15 is 0 Å². The van der Waals surface area contributed by atoms with Crippen molar-refractivity contribution in [1.82, 2.24) is 24.6 Å². The lowest BCUT2D eigenvalue weighted by atomic mass is 9.83. The van der Waals surface area contributed by atoms with E-state index in [1.807, 2.05) is 25.5 Å². The predicted molar refractivity (Wildman–Crippen MR) is 94.1 cm³/mol. The average molecular weight is 341 g/mol. The fourth-order valence-electron chi connectivity index (χ4n) is 4.06. The van der Waals surface area contributed by atoms with Gasteiger partial charge in [0, 0.05) is 23.7 Å². The number of nitrogens with one attached hydrogen (secondary N) is 1. The van der Waals surface area contributed by atoms with Gasteiger partial charge in [-0.1, -0.05) is 0 Å². The lowest BCUT2D eigenvalue weighted by Gasteiger charge is -2.44. The van der Waals surface area contributed by atoms with Gasteiger partial charge >= 0.3 is 0 Å². The lowest BCUT2D eigenvalue weighted by molar-refractivity contribution is 0.0445. The third-order valence-corrected chi connectivity index (χ3v) is 6.52. The predicted octanol–water partition coefficient (Wildman–Crippen LogP) is 2.54. The number of thiophene rings is 1. The minimum Gasteiger partial charge on any atom is -0.308 e. The Morgan fingerprint density at radius 1 is 1.33 bits per heavy atom. The van der Waals surface area contributed by atoms with E-state index in [2.05, 4.69) is 15.0 Å². The SMILES string of the molecule is Cn1cc(-c2cc3nc([C@@H]4CC5CCN4CC5)[nH]c(=O)c3s2)cn1. The number of aromatic nitrogens is 4. The first-order valence-electron chi connectivity index (χ1n) is 8.44. The highest BCUT2D eigenvalue weighted by atomic mass is 32.1. The number of fused-ring (bicyclic) bond motifs is 4. The summed E-state index contributed by atoms with van der Waals surface area (Å²) < 4.78 is 2.48. The van der Waals surface area contributed by atoms with Crippen molar-refractivity contribution in [1.29, 1.82) is 0 Å². The van der Waals surface area contributed by atoms with Crippen LogP contribution in [0.4, 0.5) is 0 Å². The fraction of sp³-hybridized carbons (Fsp3) is 0.471. The largest absolute Gasteiger partial charge is 0.308 e. The van der Waals surface area contributed by atoms with Gasteiger partial charge in [0.15, 0.2) is 0 Å². The van der Waals surface area contributed by atoms with E-state index in [-0.39, 0.29) is 11.6 Å². The van der Waals surface area contributed by atoms with Crippen molar-refractivity contribution in [3.63, 3.8) is 0 Å². The molecule has 0 amide bonds. The normalized spacial score (nSPS) is 26.3. The van der Waals surface area contributed by atoms with Crippen LogP contribution in [0.5, 0.6) is 0 Å². The van der Waals surface area contributed by atoms with Crippen molar-refractivity contribution < 1.29 is 0 Å². The van der Waals surface area contributed by atoms with Gasteiger partial charge in [0.25, 0.3) is 5.56 Å². The van der Waals surface area contributed by atoms with Gasteiger partial charge in [-0.15, -0.1) is 11.3 Å². The van der Waals surface area contributed by atoms with Crippen molar-refractivity contribution in [2.24, 2.45) is 13.0 Å². The Labute approximate surface area is 143 Å². The van der Waals surface area contributed by atoms with Crippen LogP contribution in [0.3, 0.4) is 0 Å². The summed E-state index contributed by atoms with van der Waals surface area (Å²) in [5.41, 5.74) is 1.82. The Morgan fingerprint density at radius 3 is 2.83 bits per heavy atom. The molecule has 0 unspecified atom stereocenters. The Bertz CT molecular complexity index is 963. The number of nitrogens with zero attached hydrogens (tertiary/aromatic N) is 4. The van der Waals surface area contributed by atoms with Gasteiger partial charge < -0.3 is 4.98 Å². The van der Waals surface area contributed by atoms with Crippen LogP contribution >= 0.6 is 11.3 Å². The molecular weight excluding hydrogens is 322 g/mol. The topological polar surface area (TPSA) is 66.8 Å². The summed E-state index contributed by atoms with van der Waals surface area (Å²) in [5, 5.41) is 4.21. The minimum atomic E-state index is -0.0159. The molecule has 3 saturated heterocycles. The first-order chi connectivity index (χ1) is 11.7. The van der Waals surface area contributed by atoms with Crippen LogP contribution in [0, 0.1) is 5.92 Å². The molecule has 3 aliphatic rings. The molecule has 1 N–H and O–H groups in total. The quantitative estimate of drug-likeness (QED) is 0.778. The number of aryl methyl sites for hydroxylation is 1. The molecule has 3 aromatic rings. The molecule has 6 nitrogen and oxygen atoms in total. The van der Waals surface area contributed by atoms with E-state index in [1.54, 1.807) is 4.68 Å². The summed E-state index contributed by atoms with van der Waals surface area (Å²) >= 11 is 1.49. The molecule has 7 heteroatoms. The summed E-state index contributed by atoms with van der Waals surface area (Å²) in [6.45, 7) is 2.25. The van der Waals surface area contributed by atoms with Crippen LogP contribution < -0.4 is 5.56 Å². The summed E-state index contributed by atoms with van der Waals surface area (Å²) in [6, 6.07) is 2.29. The highest BCUT2D eigenvalue weighted by Crippen LogP contribution is 2.39. The minimum absolute atomic E-state index is 0.0159. The maximum absolute atomic E-state index is 12.6. The van der Waals surface area contributed by atoms with E-state index in [1.165, 1.54) is 24.2 Å². The summed E-state index contributed by atoms with van der Waals surface area (Å²) in [7, 11) is 1.90. The second kappa shape index (κ2) is 5.26. The summed E-state index contributed by atoms with van der Waals surface area (Å²) in [4.78, 5) is 24.0. The average Bonchev–Trinajstić information content (AvgIpc) is 3.22. The molecule has 1 atom stereocenters. The van der Waals surface area contributed by atoms with Gasteiger partial charge in [-0.25, -0.2) is 4.98 Å². The van der Waals surface area contributed by atoms with Crippen LogP contribution in [-0.2, 0) is 7.05 Å². The summed E-state index contributed by atoms with van der Waals surface area (Å²) in [5.74, 6) is 1.63. The standard InChI is InChI=1S/C17H19N5OS/c1-21-9-11(8-18-21)14-7-12-15(24-14)17(23)20-16(19-12)13-6-10-2-4-22(13)5-3-10/h7-10,13H,2-6H2,1H3,(H,19,20,23)/t13-/m0/s1. The van der Waals surface area contributed by atoms with Crippen molar-refractivity contribution in [2.75, 3.05) is 13.1 Å². The molecule has 2 bridgehead atoms. The zero-order chi connectivity index (χ0) is 16.3. The van der Waals surface area contributed by atoms with Crippen LogP contribution in [0.1, 0.15) is 31.1 Å². The molecule has 24 heavy (non-hydrogen) atoms. The second-order valence-electron chi connectivity index (χ2n) is 6.91. The van der Waals surface area contributed by atoms with Crippen molar-refractivity contribution >= 4 is 21.6 Å². The van der Waals surface area contributed by atoms with Crippen molar-refractivity contribution in [3.8, 4) is 10.4 Å². The maximum atomic E-state index is 12.6. The number of piperidine rings is 3. The van der Waals surface area contributed by atoms with Gasteiger partial charge in [0.05, 0.1) is 17.8 Å². The van der Waals surface area contributed by atoms with Crippen LogP contribution in [0.2, 0.25) is 0 Å². The van der Waals surface area contributed by atoms with Gasteiger partial charge in [-0.05, 0) is 44.3 Å². The van der Waals surface area contributed by atoms with E-state index in [4.69, 9.17) is 4.98 Å². The monoisotopic (exact) mass is 341 g/mol. The smallest absolute Gasteiger partial charge is 0.268 e. The van der Waals surface area contributed by atoms with Gasteiger partial charge in [-0.2, -0.15) is 5.10 Å². The number of rotatable bonds is 2. The highest BCUT2D eigenvalue weighted by molar-refractivity contribution is 7.22. The Balaban J connectivity index is 1.58. The molecule has 0 spiro atoms. The first-order valence-corrected chi connectivity index (χ1v) is 9.26. The fourth-order valence-corrected chi connectivity index (χ4v) is 5.02. The van der Waals surface area contributed by atoms with E-state index in [0.29, 0.717) is 4.70 Å². The molecule has 0 radical (unpaired) electrons. The third-order valence-electron chi connectivity index (χ3n) is 5.35. The van der Waals surface area contributed by atoms with Crippen LogP contribution in [-0.4, -0.2) is 37.7 Å². The zero-order valence-corrected chi connectivity index (χ0v) is 14.3. The van der Waals surface area contributed by atoms with Crippen molar-refractivity contribution in [3.05, 3.63) is 34.6 Å². The second-order valence-corrected chi connectivity index (χ2v) is 7.96. The molecule has 3 aromatic heterocycles. The van der Waals surface area contributed by atoms with Crippen LogP contribution in [0.25, 0.3) is 20.7 Å². The molecule has 0 aliphatic carbocycles. The Hall–Kier alpha value is -1.99. The first kappa shape index (κ1) is 14.4. The number of hydrogen-bond donors (Lipinski definition) is 1. The maximum Gasteiger partial charge on any atom is 0.268 e. The molecule has 3 aliphatic heterocycles.